The van der Waals surface area contributed by atoms with Crippen molar-refractivity contribution in [3.05, 3.63) is 0 Å². The molecule has 0 aromatic heterocycles. The first-order chi connectivity index (χ1) is 6.33. The van der Waals surface area contributed by atoms with E-state index in [1.807, 2.05) is 0 Å². The van der Waals surface area contributed by atoms with Gasteiger partial charge in [-0.15, -0.1) is 0 Å². The van der Waals surface area contributed by atoms with Gasteiger partial charge in [-0.05, 0) is 32.7 Å². The minimum atomic E-state index is -1.85. The zero-order chi connectivity index (χ0) is 12.5. The topological polar surface area (TPSA) is 18.5 Å². The van der Waals surface area contributed by atoms with E-state index >= 15 is 0 Å². The van der Waals surface area contributed by atoms with E-state index in [0.717, 1.165) is 0 Å². The molecule has 0 saturated heterocycles. The van der Waals surface area contributed by atoms with Crippen LogP contribution in [0.2, 0.25) is 58.9 Å². The fourth-order valence-corrected chi connectivity index (χ4v) is 18.4. The summed E-state index contributed by atoms with van der Waals surface area (Å²) in [6.45, 7) is 20.7. The van der Waals surface area contributed by atoms with Crippen molar-refractivity contribution in [2.75, 3.05) is 0 Å². The predicted molar refractivity (Wildman–Crippen MR) is 79.4 cm³/mol. The summed E-state index contributed by atoms with van der Waals surface area (Å²) in [6, 6.07) is 0. The van der Waals surface area contributed by atoms with Crippen molar-refractivity contribution < 1.29 is 8.23 Å². The first-order valence-electron chi connectivity index (χ1n) is 5.71. The highest BCUT2D eigenvalue weighted by Crippen LogP contribution is 2.19. The molecule has 0 N–H and O–H groups in total. The number of hydrogen-bond acceptors (Lipinski definition) is 2. The lowest BCUT2D eigenvalue weighted by molar-refractivity contribution is 0.408. The van der Waals surface area contributed by atoms with Gasteiger partial charge in [0.2, 0.25) is 0 Å². The minimum Gasteiger partial charge on any atom is -0.442 e. The molecule has 0 bridgehead atoms. The second kappa shape index (κ2) is 4.97. The molecular formula is C9H28O2Si4. The van der Waals surface area contributed by atoms with Crippen LogP contribution >= 0.6 is 0 Å². The predicted octanol–water partition coefficient (Wildman–Crippen LogP) is 3.33. The smallest absolute Gasteiger partial charge is 0.310 e. The summed E-state index contributed by atoms with van der Waals surface area (Å²) in [6.07, 6.45) is 0. The van der Waals surface area contributed by atoms with E-state index in [2.05, 4.69) is 58.9 Å². The zero-order valence-corrected chi connectivity index (χ0v) is 16.0. The Kier molecular flexibility index (Phi) is 5.23. The molecule has 0 aliphatic carbocycles. The Bertz CT molecular complexity index is 205. The quantitative estimate of drug-likeness (QED) is 0.719. The molecule has 1 unspecified atom stereocenters. The molecule has 0 spiro atoms. The monoisotopic (exact) mass is 280 g/mol. The van der Waals surface area contributed by atoms with Gasteiger partial charge in [0, 0.05) is 0 Å². The molecule has 15 heavy (non-hydrogen) atoms. The SMILES string of the molecule is C[SiH](O[Si](C)(C)O[Si](C)(C)C)[Si](C)(C)C. The van der Waals surface area contributed by atoms with Crippen molar-refractivity contribution in [3.8, 4) is 0 Å². The van der Waals surface area contributed by atoms with Crippen LogP contribution in [0.1, 0.15) is 0 Å². The minimum absolute atomic E-state index is 1.01. The lowest BCUT2D eigenvalue weighted by Crippen LogP contribution is -2.53. The first kappa shape index (κ1) is 15.8. The van der Waals surface area contributed by atoms with Crippen molar-refractivity contribution in [2.45, 2.75) is 58.9 Å². The maximum absolute atomic E-state index is 6.33. The molecule has 2 nitrogen and oxygen atoms in total. The molecule has 0 saturated carbocycles. The normalized spacial score (nSPS) is 16.6. The van der Waals surface area contributed by atoms with Gasteiger partial charge in [0.15, 0.2) is 8.32 Å². The highest BCUT2D eigenvalue weighted by Gasteiger charge is 2.36. The third kappa shape index (κ3) is 7.64. The van der Waals surface area contributed by atoms with Crippen LogP contribution in [0.25, 0.3) is 0 Å². The fourth-order valence-electron chi connectivity index (χ4n) is 1.36. The Hall–Kier alpha value is 0.788. The van der Waals surface area contributed by atoms with Crippen LogP contribution in [0.4, 0.5) is 0 Å². The van der Waals surface area contributed by atoms with Crippen LogP contribution < -0.4 is 0 Å². The second-order valence-electron chi connectivity index (χ2n) is 6.74. The van der Waals surface area contributed by atoms with E-state index in [1.54, 1.807) is 0 Å². The Balaban J connectivity index is 4.39. The molecule has 0 rings (SSSR count). The van der Waals surface area contributed by atoms with Gasteiger partial charge in [0.25, 0.3) is 0 Å². The standard InChI is InChI=1S/C9H28O2Si4/c1-12(14(5,6)7)10-15(8,9)11-13(2,3)4/h12H,1-9H3. The third-order valence-corrected chi connectivity index (χ3v) is 21.1. The highest BCUT2D eigenvalue weighted by atomic mass is 29.2. The zero-order valence-electron chi connectivity index (χ0n) is 11.9. The van der Waals surface area contributed by atoms with Crippen LogP contribution in [-0.4, -0.2) is 33.0 Å². The molecule has 0 aromatic carbocycles. The van der Waals surface area contributed by atoms with Crippen LogP contribution in [0.5, 0.6) is 0 Å². The summed E-state index contributed by atoms with van der Waals surface area (Å²) in [5.41, 5.74) is 0. The lowest BCUT2D eigenvalue weighted by Gasteiger charge is -2.36. The second-order valence-corrected chi connectivity index (χ2v) is 29.2. The number of rotatable bonds is 5. The Morgan fingerprint density at radius 1 is 0.800 bits per heavy atom. The van der Waals surface area contributed by atoms with Gasteiger partial charge in [0.05, 0.1) is 7.59 Å². The van der Waals surface area contributed by atoms with Gasteiger partial charge < -0.3 is 8.23 Å². The fraction of sp³-hybridized carbons (Fsp3) is 1.00. The molecule has 0 aliphatic rings. The van der Waals surface area contributed by atoms with Crippen molar-refractivity contribution in [3.63, 3.8) is 0 Å². The molecule has 92 valence electrons. The van der Waals surface area contributed by atoms with E-state index in [4.69, 9.17) is 8.23 Å². The van der Waals surface area contributed by atoms with Gasteiger partial charge in [-0.2, -0.15) is 0 Å². The van der Waals surface area contributed by atoms with Crippen molar-refractivity contribution >= 4 is 33.0 Å². The van der Waals surface area contributed by atoms with Gasteiger partial charge >= 0.3 is 8.56 Å². The van der Waals surface area contributed by atoms with Gasteiger partial charge in [-0.1, -0.05) is 26.2 Å². The number of hydrogen-bond donors (Lipinski definition) is 0. The molecule has 6 heteroatoms. The molecule has 1 atom stereocenters. The average Bonchev–Trinajstić information content (AvgIpc) is 1.76. The lowest BCUT2D eigenvalue weighted by atomic mass is 11.8. The summed E-state index contributed by atoms with van der Waals surface area (Å²) in [4.78, 5) is 0. The van der Waals surface area contributed by atoms with Gasteiger partial charge in [-0.25, -0.2) is 0 Å². The van der Waals surface area contributed by atoms with Crippen LogP contribution in [0.15, 0.2) is 0 Å². The summed E-state index contributed by atoms with van der Waals surface area (Å²) < 4.78 is 12.5. The van der Waals surface area contributed by atoms with Crippen LogP contribution in [-0.2, 0) is 8.23 Å². The van der Waals surface area contributed by atoms with Crippen LogP contribution in [0, 0.1) is 0 Å². The molecular weight excluding hydrogens is 252 g/mol. The maximum atomic E-state index is 6.33. The Morgan fingerprint density at radius 3 is 1.47 bits per heavy atom. The molecule has 0 heterocycles. The van der Waals surface area contributed by atoms with E-state index in [1.165, 1.54) is 0 Å². The van der Waals surface area contributed by atoms with E-state index in [0.29, 0.717) is 0 Å². The Morgan fingerprint density at radius 2 is 1.20 bits per heavy atom. The summed E-state index contributed by atoms with van der Waals surface area (Å²) in [5.74, 6) is 0. The third-order valence-electron chi connectivity index (χ3n) is 2.23. The molecule has 0 amide bonds. The van der Waals surface area contributed by atoms with E-state index in [9.17, 15) is 0 Å². The van der Waals surface area contributed by atoms with Gasteiger partial charge in [0.1, 0.15) is 8.56 Å². The van der Waals surface area contributed by atoms with Crippen molar-refractivity contribution in [2.24, 2.45) is 0 Å². The van der Waals surface area contributed by atoms with Gasteiger partial charge in [-0.3, -0.25) is 0 Å². The molecule has 0 aromatic rings. The summed E-state index contributed by atoms with van der Waals surface area (Å²) in [7, 11) is -5.36. The summed E-state index contributed by atoms with van der Waals surface area (Å²) >= 11 is 0. The first-order valence-corrected chi connectivity index (χ1v) is 18.9. The van der Waals surface area contributed by atoms with Crippen molar-refractivity contribution in [1.29, 1.82) is 0 Å². The van der Waals surface area contributed by atoms with E-state index < -0.39 is 33.0 Å². The molecule has 0 aliphatic heterocycles. The van der Waals surface area contributed by atoms with Crippen LogP contribution in [0.3, 0.4) is 0 Å². The van der Waals surface area contributed by atoms with Crippen molar-refractivity contribution in [1.82, 2.24) is 0 Å². The average molecular weight is 281 g/mol. The molecule has 0 fully saturated rings. The highest BCUT2D eigenvalue weighted by molar-refractivity contribution is 7.30. The molecule has 0 radical (unpaired) electrons. The summed E-state index contributed by atoms with van der Waals surface area (Å²) in [5, 5.41) is 0. The van der Waals surface area contributed by atoms with E-state index in [-0.39, 0.29) is 0 Å². The largest absolute Gasteiger partial charge is 0.442 e. The Labute approximate surface area is 100 Å². The maximum Gasteiger partial charge on any atom is 0.310 e.